The summed E-state index contributed by atoms with van der Waals surface area (Å²) >= 11 is 0. The third-order valence-corrected chi connectivity index (χ3v) is 4.92. The van der Waals surface area contributed by atoms with Gasteiger partial charge in [0.15, 0.2) is 0 Å². The molecule has 0 radical (unpaired) electrons. The molecule has 0 aromatic heterocycles. The van der Waals surface area contributed by atoms with E-state index in [9.17, 15) is 18.0 Å². The smallest absolute Gasteiger partial charge is 0.355 e. The number of hydrogen-bond donors (Lipinski definition) is 2. The highest BCUT2D eigenvalue weighted by Gasteiger charge is 2.22. The summed E-state index contributed by atoms with van der Waals surface area (Å²) in [7, 11) is 0.865. The van der Waals surface area contributed by atoms with Crippen molar-refractivity contribution in [3.05, 3.63) is 0 Å². The third-order valence-electron chi connectivity index (χ3n) is 4.25. The van der Waals surface area contributed by atoms with Crippen LogP contribution >= 0.6 is 10.7 Å². The lowest BCUT2D eigenvalue weighted by Crippen LogP contribution is -2.21. The predicted octanol–water partition coefficient (Wildman–Crippen LogP) is 5.23. The molecular formula is C19H37ClO7S. The predicted molar refractivity (Wildman–Crippen MR) is 111 cm³/mol. The summed E-state index contributed by atoms with van der Waals surface area (Å²) < 4.78 is 25.3. The maximum atomic E-state index is 10.8. The lowest BCUT2D eigenvalue weighted by Gasteiger charge is -2.21. The number of halogens is 1. The second-order valence-electron chi connectivity index (χ2n) is 7.74. The molecule has 0 aliphatic carbocycles. The zero-order valence-electron chi connectivity index (χ0n) is 17.6. The van der Waals surface area contributed by atoms with E-state index in [1.54, 1.807) is 13.8 Å². The van der Waals surface area contributed by atoms with Crippen molar-refractivity contribution in [2.24, 2.45) is 11.3 Å². The number of aliphatic carboxylic acids is 2. The molecule has 7 nitrogen and oxygen atoms in total. The minimum atomic E-state index is -3.97. The summed E-state index contributed by atoms with van der Waals surface area (Å²) in [5.41, 5.74) is -0.527. The van der Waals surface area contributed by atoms with E-state index < -0.39 is 26.7 Å². The fourth-order valence-electron chi connectivity index (χ4n) is 2.48. The second-order valence-corrected chi connectivity index (χ2v) is 9.90. The second kappa shape index (κ2) is 16.0. The van der Waals surface area contributed by atoms with Crippen LogP contribution in [-0.2, 0) is 23.1 Å². The number of carbonyl (C=O) groups is 2. The average Bonchev–Trinajstić information content (AvgIpc) is 2.57. The molecule has 168 valence electrons. The van der Waals surface area contributed by atoms with E-state index in [0.717, 1.165) is 25.7 Å². The highest BCUT2D eigenvalue weighted by Crippen LogP contribution is 2.24. The molecule has 0 bridgehead atoms. The van der Waals surface area contributed by atoms with Gasteiger partial charge in [-0.15, -0.1) is 0 Å². The quantitative estimate of drug-likeness (QED) is 0.262. The van der Waals surface area contributed by atoms with Gasteiger partial charge in [0.05, 0.1) is 12.5 Å². The van der Waals surface area contributed by atoms with E-state index >= 15 is 0 Å². The van der Waals surface area contributed by atoms with E-state index in [-0.39, 0.29) is 18.9 Å². The summed E-state index contributed by atoms with van der Waals surface area (Å²) in [5.74, 6) is -1.63. The molecule has 0 spiro atoms. The largest absolute Gasteiger partial charge is 0.481 e. The average molecular weight is 445 g/mol. The van der Waals surface area contributed by atoms with Gasteiger partial charge in [0.25, 0.3) is 0 Å². The zero-order chi connectivity index (χ0) is 22.2. The van der Waals surface area contributed by atoms with E-state index in [1.165, 1.54) is 25.7 Å². The van der Waals surface area contributed by atoms with Gasteiger partial charge in [0.1, 0.15) is 0 Å². The van der Waals surface area contributed by atoms with Crippen molar-refractivity contribution in [1.82, 2.24) is 0 Å². The van der Waals surface area contributed by atoms with Crippen LogP contribution in [0.25, 0.3) is 0 Å². The molecule has 1 unspecified atom stereocenters. The van der Waals surface area contributed by atoms with Crippen LogP contribution in [0.3, 0.4) is 0 Å². The number of carboxylic acid groups (broad SMARTS) is 2. The molecule has 28 heavy (non-hydrogen) atoms. The Bertz CT molecular complexity index is 532. The Balaban J connectivity index is 0. The van der Waals surface area contributed by atoms with Crippen molar-refractivity contribution in [3.8, 4) is 0 Å². The zero-order valence-corrected chi connectivity index (χ0v) is 19.1. The maximum Gasteiger partial charge on any atom is 0.355 e. The summed E-state index contributed by atoms with van der Waals surface area (Å²) in [6.07, 6.45) is 9.05. The van der Waals surface area contributed by atoms with Gasteiger partial charge in [-0.25, -0.2) is 0 Å². The summed E-state index contributed by atoms with van der Waals surface area (Å²) in [5, 5.41) is 17.3. The normalized spacial score (nSPS) is 12.8. The lowest BCUT2D eigenvalue weighted by atomic mass is 9.89. The molecule has 0 aromatic carbocycles. The molecule has 0 aliphatic rings. The first-order valence-corrected chi connectivity index (χ1v) is 12.1. The highest BCUT2D eigenvalue weighted by atomic mass is 35.7. The van der Waals surface area contributed by atoms with Crippen LogP contribution in [0.2, 0.25) is 0 Å². The van der Waals surface area contributed by atoms with Crippen LogP contribution in [-0.4, -0.2) is 37.2 Å². The van der Waals surface area contributed by atoms with Crippen molar-refractivity contribution in [3.63, 3.8) is 0 Å². The van der Waals surface area contributed by atoms with Crippen LogP contribution in [0.5, 0.6) is 0 Å². The Morgan fingerprint density at radius 2 is 1.57 bits per heavy atom. The van der Waals surface area contributed by atoms with Crippen molar-refractivity contribution in [1.29, 1.82) is 0 Å². The van der Waals surface area contributed by atoms with Crippen molar-refractivity contribution in [2.45, 2.75) is 91.9 Å². The fraction of sp³-hybridized carbons (Fsp3) is 0.895. The van der Waals surface area contributed by atoms with Gasteiger partial charge in [0.2, 0.25) is 0 Å². The molecule has 0 rings (SSSR count). The van der Waals surface area contributed by atoms with Crippen LogP contribution in [0.1, 0.15) is 91.9 Å². The molecule has 1 atom stereocenters. The van der Waals surface area contributed by atoms with Gasteiger partial charge >= 0.3 is 21.3 Å². The molecule has 9 heteroatoms. The van der Waals surface area contributed by atoms with Crippen molar-refractivity contribution < 1.29 is 32.4 Å². The fourth-order valence-corrected chi connectivity index (χ4v) is 3.07. The summed E-state index contributed by atoms with van der Waals surface area (Å²) in [6, 6.07) is 0. The van der Waals surface area contributed by atoms with Gasteiger partial charge in [-0.1, -0.05) is 66.2 Å². The number of rotatable bonds is 15. The molecule has 2 N–H and O–H groups in total. The molecule has 0 fully saturated rings. The standard InChI is InChI=1S/C12H24O2.C7H13ClO5S/c1-3-5-6-7-8-10-11(9-4-2)12(13)14;1-7(2,4-3-6(9)10)5-13-14(8,11)12/h11H,3-10H2,1-2H3,(H,13,14);3-5H2,1-2H3,(H,9,10). The molecular weight excluding hydrogens is 408 g/mol. The number of unbranched alkanes of at least 4 members (excludes halogenated alkanes) is 4. The van der Waals surface area contributed by atoms with Gasteiger partial charge in [-0.05, 0) is 24.7 Å². The van der Waals surface area contributed by atoms with Crippen LogP contribution < -0.4 is 0 Å². The van der Waals surface area contributed by atoms with Crippen molar-refractivity contribution >= 4 is 32.0 Å². The molecule has 0 saturated heterocycles. The molecule has 0 aromatic rings. The van der Waals surface area contributed by atoms with Crippen molar-refractivity contribution in [2.75, 3.05) is 6.61 Å². The van der Waals surface area contributed by atoms with E-state index in [0.29, 0.717) is 6.42 Å². The van der Waals surface area contributed by atoms with Gasteiger partial charge in [-0.2, -0.15) is 8.42 Å². The minimum absolute atomic E-state index is 0.0291. The van der Waals surface area contributed by atoms with Crippen LogP contribution in [0.15, 0.2) is 0 Å². The first-order chi connectivity index (χ1) is 12.8. The Kier molecular flexibility index (Phi) is 16.8. The van der Waals surface area contributed by atoms with Gasteiger partial charge in [0, 0.05) is 17.1 Å². The first kappa shape index (κ1) is 29.3. The van der Waals surface area contributed by atoms with Gasteiger partial charge in [-0.3, -0.25) is 13.8 Å². The molecule has 0 amide bonds. The molecule has 0 saturated carbocycles. The molecule has 0 heterocycles. The summed E-state index contributed by atoms with van der Waals surface area (Å²) in [4.78, 5) is 21.1. The number of carboxylic acids is 2. The maximum absolute atomic E-state index is 10.8. The van der Waals surface area contributed by atoms with Crippen LogP contribution in [0.4, 0.5) is 0 Å². The summed E-state index contributed by atoms with van der Waals surface area (Å²) in [6.45, 7) is 7.53. The Morgan fingerprint density at radius 3 is 2.00 bits per heavy atom. The SMILES string of the molecule is CC(C)(CCC(=O)O)COS(=O)(=O)Cl.CCCCCCCC(CCC)C(=O)O. The highest BCUT2D eigenvalue weighted by molar-refractivity contribution is 8.09. The Labute approximate surface area is 174 Å². The van der Waals surface area contributed by atoms with Gasteiger partial charge < -0.3 is 10.2 Å². The Morgan fingerprint density at radius 1 is 1.00 bits per heavy atom. The van der Waals surface area contributed by atoms with E-state index in [4.69, 9.17) is 20.9 Å². The first-order valence-electron chi connectivity index (χ1n) is 9.88. The van der Waals surface area contributed by atoms with E-state index in [1.807, 2.05) is 6.92 Å². The monoisotopic (exact) mass is 444 g/mol. The van der Waals surface area contributed by atoms with E-state index in [2.05, 4.69) is 11.1 Å². The lowest BCUT2D eigenvalue weighted by molar-refractivity contribution is -0.142. The topological polar surface area (TPSA) is 118 Å². The minimum Gasteiger partial charge on any atom is -0.481 e. The molecule has 0 aliphatic heterocycles. The Hall–Kier alpha value is -0.860. The third kappa shape index (κ3) is 21.4. The van der Waals surface area contributed by atoms with Crippen LogP contribution in [0, 0.1) is 11.3 Å². The number of hydrogen-bond acceptors (Lipinski definition) is 5.